The number of carbonyl (C=O) groups is 2. The number of halogens is 1. The van der Waals surface area contributed by atoms with Crippen LogP contribution in [-0.4, -0.2) is 38.2 Å². The smallest absolute Gasteiger partial charge is 0.231 e. The van der Waals surface area contributed by atoms with Crippen LogP contribution in [0.1, 0.15) is 12.5 Å². The molecule has 3 aromatic rings. The van der Waals surface area contributed by atoms with Gasteiger partial charge in [0.15, 0.2) is 16.8 Å². The van der Waals surface area contributed by atoms with E-state index in [0.29, 0.717) is 23.9 Å². The van der Waals surface area contributed by atoms with E-state index < -0.39 is 6.04 Å². The van der Waals surface area contributed by atoms with Crippen LogP contribution in [0.15, 0.2) is 76.9 Å². The number of nitrogens with one attached hydrogen (secondary N) is 1. The van der Waals surface area contributed by atoms with Crippen molar-refractivity contribution in [2.45, 2.75) is 31.1 Å². The van der Waals surface area contributed by atoms with Crippen LogP contribution in [0.4, 0.5) is 0 Å². The zero-order valence-corrected chi connectivity index (χ0v) is 19.5. The first-order valence-electron chi connectivity index (χ1n) is 9.74. The lowest BCUT2D eigenvalue weighted by molar-refractivity contribution is -0.125. The molecule has 0 fully saturated rings. The molecule has 0 radical (unpaired) electrons. The van der Waals surface area contributed by atoms with Crippen LogP contribution in [0.3, 0.4) is 0 Å². The number of carbonyl (C=O) groups excluding carboxylic acids is 2. The highest BCUT2D eigenvalue weighted by Gasteiger charge is 2.19. The molecule has 8 heteroatoms. The maximum Gasteiger partial charge on any atom is 0.231 e. The van der Waals surface area contributed by atoms with E-state index in [4.69, 9.17) is 0 Å². The third-order valence-corrected chi connectivity index (χ3v) is 6.07. The molecule has 0 saturated heterocycles. The SMILES string of the molecule is C=CCn1c(SCC(=O)N[C@H](Cc2ccccc2)C(C)=O)nnc1-c1ccc(Br)cc1. The van der Waals surface area contributed by atoms with Crippen molar-refractivity contribution in [1.29, 1.82) is 0 Å². The standard InChI is InChI=1S/C23H23BrN4O2S/c1-3-13-28-22(18-9-11-19(24)12-10-18)26-27-23(28)31-15-21(30)25-20(16(2)29)14-17-7-5-4-6-8-17/h3-12,20H,1,13-15H2,2H3,(H,25,30)/t20-/m1/s1. The van der Waals surface area contributed by atoms with E-state index in [1.165, 1.54) is 18.7 Å². The van der Waals surface area contributed by atoms with Gasteiger partial charge >= 0.3 is 0 Å². The highest BCUT2D eigenvalue weighted by Crippen LogP contribution is 2.25. The van der Waals surface area contributed by atoms with Crippen molar-refractivity contribution in [3.63, 3.8) is 0 Å². The first-order chi connectivity index (χ1) is 15.0. The summed E-state index contributed by atoms with van der Waals surface area (Å²) in [7, 11) is 0. The molecule has 1 N–H and O–H groups in total. The zero-order valence-electron chi connectivity index (χ0n) is 17.1. The fraction of sp³-hybridized carbons (Fsp3) is 0.217. The Hall–Kier alpha value is -2.71. The van der Waals surface area contributed by atoms with Crippen molar-refractivity contribution in [1.82, 2.24) is 20.1 Å². The molecular formula is C23H23BrN4O2S. The predicted molar refractivity (Wildman–Crippen MR) is 127 cm³/mol. The molecule has 0 saturated carbocycles. The summed E-state index contributed by atoms with van der Waals surface area (Å²) < 4.78 is 2.90. The summed E-state index contributed by atoms with van der Waals surface area (Å²) in [5, 5.41) is 12.0. The number of ketones is 1. The number of hydrogen-bond donors (Lipinski definition) is 1. The predicted octanol–water partition coefficient (Wildman–Crippen LogP) is 4.30. The molecule has 0 aliphatic rings. The van der Waals surface area contributed by atoms with Gasteiger partial charge in [-0.25, -0.2) is 0 Å². The van der Waals surface area contributed by atoms with Gasteiger partial charge in [0.05, 0.1) is 11.8 Å². The van der Waals surface area contributed by atoms with Gasteiger partial charge in [-0.05, 0) is 31.0 Å². The molecule has 3 rings (SSSR count). The van der Waals surface area contributed by atoms with Gasteiger partial charge in [-0.3, -0.25) is 14.2 Å². The number of allylic oxidation sites excluding steroid dienone is 1. The summed E-state index contributed by atoms with van der Waals surface area (Å²) in [6.45, 7) is 5.82. The highest BCUT2D eigenvalue weighted by atomic mass is 79.9. The van der Waals surface area contributed by atoms with Crippen LogP contribution in [-0.2, 0) is 22.6 Å². The fourth-order valence-corrected chi connectivity index (χ4v) is 4.04. The van der Waals surface area contributed by atoms with Crippen molar-refractivity contribution in [2.75, 3.05) is 5.75 Å². The average molecular weight is 499 g/mol. The molecule has 31 heavy (non-hydrogen) atoms. The van der Waals surface area contributed by atoms with Crippen molar-refractivity contribution in [3.8, 4) is 11.4 Å². The number of amides is 1. The molecular weight excluding hydrogens is 476 g/mol. The van der Waals surface area contributed by atoms with Crippen LogP contribution in [0, 0.1) is 0 Å². The minimum atomic E-state index is -0.556. The molecule has 160 valence electrons. The number of benzene rings is 2. The monoisotopic (exact) mass is 498 g/mol. The first kappa shape index (κ1) is 23.0. The second-order valence-electron chi connectivity index (χ2n) is 6.92. The van der Waals surface area contributed by atoms with Gasteiger partial charge in [0, 0.05) is 16.6 Å². The van der Waals surface area contributed by atoms with Gasteiger partial charge in [-0.2, -0.15) is 0 Å². The Morgan fingerprint density at radius 3 is 2.52 bits per heavy atom. The summed E-state index contributed by atoms with van der Waals surface area (Å²) in [4.78, 5) is 24.6. The lowest BCUT2D eigenvalue weighted by Gasteiger charge is -2.16. The van der Waals surface area contributed by atoms with Crippen LogP contribution in [0.2, 0.25) is 0 Å². The molecule has 1 heterocycles. The molecule has 1 atom stereocenters. The number of rotatable bonds is 10. The quantitative estimate of drug-likeness (QED) is 0.333. The zero-order chi connectivity index (χ0) is 22.2. The van der Waals surface area contributed by atoms with E-state index >= 15 is 0 Å². The van der Waals surface area contributed by atoms with Gasteiger partial charge in [0.25, 0.3) is 0 Å². The van der Waals surface area contributed by atoms with Gasteiger partial charge in [0.2, 0.25) is 5.91 Å². The third kappa shape index (κ3) is 6.38. The van der Waals surface area contributed by atoms with E-state index in [-0.39, 0.29) is 17.4 Å². The Balaban J connectivity index is 1.67. The molecule has 2 aromatic carbocycles. The molecule has 1 aromatic heterocycles. The van der Waals surface area contributed by atoms with E-state index in [9.17, 15) is 9.59 Å². The number of hydrogen-bond acceptors (Lipinski definition) is 5. The van der Waals surface area contributed by atoms with Crippen LogP contribution in [0.25, 0.3) is 11.4 Å². The van der Waals surface area contributed by atoms with Crippen LogP contribution < -0.4 is 5.32 Å². The second-order valence-corrected chi connectivity index (χ2v) is 8.78. The first-order valence-corrected chi connectivity index (χ1v) is 11.5. The molecule has 0 bridgehead atoms. The summed E-state index contributed by atoms with van der Waals surface area (Å²) >= 11 is 4.71. The minimum absolute atomic E-state index is 0.0745. The number of aromatic nitrogens is 3. The largest absolute Gasteiger partial charge is 0.345 e. The second kappa shape index (κ2) is 11.1. The number of nitrogens with zero attached hydrogens (tertiary/aromatic N) is 3. The molecule has 1 amide bonds. The van der Waals surface area contributed by atoms with Gasteiger partial charge in [-0.15, -0.1) is 16.8 Å². The molecule has 0 unspecified atom stereocenters. The Bertz CT molecular complexity index is 1050. The molecule has 0 aliphatic carbocycles. The minimum Gasteiger partial charge on any atom is -0.345 e. The summed E-state index contributed by atoms with van der Waals surface area (Å²) in [6.07, 6.45) is 2.23. The van der Waals surface area contributed by atoms with E-state index in [0.717, 1.165) is 15.6 Å². The normalized spacial score (nSPS) is 11.7. The highest BCUT2D eigenvalue weighted by molar-refractivity contribution is 9.10. The molecule has 0 aliphatic heterocycles. The van der Waals surface area contributed by atoms with Crippen molar-refractivity contribution in [3.05, 3.63) is 77.3 Å². The van der Waals surface area contributed by atoms with Gasteiger partial charge in [-0.1, -0.05) is 76.2 Å². The van der Waals surface area contributed by atoms with E-state index in [1.807, 2.05) is 59.2 Å². The summed E-state index contributed by atoms with van der Waals surface area (Å²) in [6, 6.07) is 16.9. The average Bonchev–Trinajstić information content (AvgIpc) is 3.16. The molecule has 6 nitrogen and oxygen atoms in total. The van der Waals surface area contributed by atoms with Crippen LogP contribution in [0.5, 0.6) is 0 Å². The third-order valence-electron chi connectivity index (χ3n) is 4.57. The fourth-order valence-electron chi connectivity index (χ4n) is 3.01. The Labute approximate surface area is 194 Å². The summed E-state index contributed by atoms with van der Waals surface area (Å²) in [5.41, 5.74) is 1.92. The Morgan fingerprint density at radius 1 is 1.16 bits per heavy atom. The van der Waals surface area contributed by atoms with E-state index in [2.05, 4.69) is 38.0 Å². The van der Waals surface area contributed by atoms with Crippen molar-refractivity contribution >= 4 is 39.4 Å². The maximum atomic E-state index is 12.5. The van der Waals surface area contributed by atoms with Crippen molar-refractivity contribution < 1.29 is 9.59 Å². The van der Waals surface area contributed by atoms with Crippen molar-refractivity contribution in [2.24, 2.45) is 0 Å². The lowest BCUT2D eigenvalue weighted by atomic mass is 10.0. The summed E-state index contributed by atoms with van der Waals surface area (Å²) in [5.74, 6) is 0.545. The molecule has 0 spiro atoms. The van der Waals surface area contributed by atoms with Gasteiger partial charge in [0.1, 0.15) is 0 Å². The number of Topliss-reactive ketones (excluding diaryl/α,β-unsaturated/α-hetero) is 1. The topological polar surface area (TPSA) is 76.9 Å². The Kier molecular flexibility index (Phi) is 8.20. The maximum absolute atomic E-state index is 12.5. The van der Waals surface area contributed by atoms with Gasteiger partial charge < -0.3 is 5.32 Å². The number of thioether (sulfide) groups is 1. The van der Waals surface area contributed by atoms with E-state index in [1.54, 1.807) is 6.08 Å². The lowest BCUT2D eigenvalue weighted by Crippen LogP contribution is -2.42. The Morgan fingerprint density at radius 2 is 1.87 bits per heavy atom. The van der Waals surface area contributed by atoms with Crippen LogP contribution >= 0.6 is 27.7 Å².